The van der Waals surface area contributed by atoms with Gasteiger partial charge in [-0.2, -0.15) is 5.26 Å². The van der Waals surface area contributed by atoms with Gasteiger partial charge in [-0.1, -0.05) is 29.4 Å². The van der Waals surface area contributed by atoms with Crippen LogP contribution in [0.15, 0.2) is 42.1 Å². The van der Waals surface area contributed by atoms with E-state index in [4.69, 9.17) is 11.6 Å². The van der Waals surface area contributed by atoms with Gasteiger partial charge in [0.15, 0.2) is 11.0 Å². The molecule has 1 amide bonds. The molecule has 1 N–H and O–H groups in total. The van der Waals surface area contributed by atoms with Crippen molar-refractivity contribution in [1.29, 1.82) is 5.26 Å². The Morgan fingerprint density at radius 1 is 1.32 bits per heavy atom. The number of aromatic nitrogens is 3. The van der Waals surface area contributed by atoms with Gasteiger partial charge in [0.2, 0.25) is 5.91 Å². The highest BCUT2D eigenvalue weighted by molar-refractivity contribution is 7.99. The summed E-state index contributed by atoms with van der Waals surface area (Å²) in [6.07, 6.45) is 5.89. The molecule has 0 saturated heterocycles. The summed E-state index contributed by atoms with van der Waals surface area (Å²) < 4.78 is 1.92. The first-order valence-electron chi connectivity index (χ1n) is 9.88. The Balaban J connectivity index is 1.48. The number of amides is 1. The van der Waals surface area contributed by atoms with Gasteiger partial charge < -0.3 is 5.32 Å². The van der Waals surface area contributed by atoms with Crippen molar-refractivity contribution in [1.82, 2.24) is 14.8 Å². The summed E-state index contributed by atoms with van der Waals surface area (Å²) >= 11 is 8.82. The van der Waals surface area contributed by atoms with E-state index in [1.54, 1.807) is 18.2 Å². The highest BCUT2D eigenvalue weighted by Gasteiger charge is 2.22. The molecule has 0 saturated carbocycles. The summed E-state index contributed by atoms with van der Waals surface area (Å²) in [6, 6.07) is 9.65. The fourth-order valence-electron chi connectivity index (χ4n) is 3.57. The number of fused-ring (bicyclic) bond motifs is 1. The Bertz CT molecular complexity index is 1160. The number of hydrogen-bond donors (Lipinski definition) is 1. The maximum atomic E-state index is 12.6. The third-order valence-corrected chi connectivity index (χ3v) is 7.43. The lowest BCUT2D eigenvalue weighted by Crippen LogP contribution is -2.14. The molecule has 0 bridgehead atoms. The van der Waals surface area contributed by atoms with Crippen molar-refractivity contribution in [2.24, 2.45) is 0 Å². The molecule has 1 aliphatic rings. The second-order valence-corrected chi connectivity index (χ2v) is 9.56. The molecule has 4 rings (SSSR count). The molecule has 0 unspecified atom stereocenters. The van der Waals surface area contributed by atoms with Gasteiger partial charge >= 0.3 is 0 Å². The van der Waals surface area contributed by atoms with Crippen molar-refractivity contribution in [2.75, 3.05) is 11.1 Å². The third kappa shape index (κ3) is 4.69. The number of hydrogen-bond acceptors (Lipinski definition) is 6. The average molecular weight is 470 g/mol. The van der Waals surface area contributed by atoms with Crippen molar-refractivity contribution in [3.05, 3.63) is 57.9 Å². The molecule has 0 spiro atoms. The van der Waals surface area contributed by atoms with Crippen LogP contribution in [0, 0.1) is 11.3 Å². The zero-order valence-corrected chi connectivity index (χ0v) is 19.1. The minimum atomic E-state index is -0.165. The molecule has 2 aromatic heterocycles. The Labute approximate surface area is 193 Å². The number of rotatable bonds is 7. The number of halogens is 1. The molecule has 9 heteroatoms. The van der Waals surface area contributed by atoms with Crippen LogP contribution in [0.25, 0.3) is 11.4 Å². The minimum Gasteiger partial charge on any atom is -0.316 e. The van der Waals surface area contributed by atoms with Crippen LogP contribution >= 0.6 is 34.7 Å². The first kappa shape index (κ1) is 21.6. The standard InChI is InChI=1S/C22H20ClN5OS2/c1-2-11-28-20(14-7-9-15(23)10-8-14)26-27-22(28)30-13-19(29)25-21-17(12-24)16-5-3-4-6-18(16)31-21/h2,7-10H,1,3-6,11,13H2,(H,25,29). The molecule has 1 aliphatic carbocycles. The predicted molar refractivity (Wildman–Crippen MR) is 126 cm³/mol. The van der Waals surface area contributed by atoms with E-state index in [0.29, 0.717) is 33.1 Å². The highest BCUT2D eigenvalue weighted by Crippen LogP contribution is 2.37. The van der Waals surface area contributed by atoms with Crippen LogP contribution in [0.2, 0.25) is 5.02 Å². The van der Waals surface area contributed by atoms with Crippen LogP contribution in [0.1, 0.15) is 28.8 Å². The number of anilines is 1. The second-order valence-electron chi connectivity index (χ2n) is 7.08. The van der Waals surface area contributed by atoms with E-state index >= 15 is 0 Å². The Hall–Kier alpha value is -2.60. The van der Waals surface area contributed by atoms with Gasteiger partial charge in [0.05, 0.1) is 11.3 Å². The molecule has 1 aromatic carbocycles. The highest BCUT2D eigenvalue weighted by atomic mass is 35.5. The lowest BCUT2D eigenvalue weighted by molar-refractivity contribution is -0.113. The molecule has 0 radical (unpaired) electrons. The van der Waals surface area contributed by atoms with Gasteiger partial charge in [0, 0.05) is 22.0 Å². The van der Waals surface area contributed by atoms with Gasteiger partial charge in [-0.15, -0.1) is 28.1 Å². The van der Waals surface area contributed by atoms with E-state index in [0.717, 1.165) is 36.8 Å². The number of nitriles is 1. The van der Waals surface area contributed by atoms with Gasteiger partial charge in [-0.25, -0.2) is 0 Å². The van der Waals surface area contributed by atoms with Gasteiger partial charge in [-0.05, 0) is 55.5 Å². The van der Waals surface area contributed by atoms with E-state index in [2.05, 4.69) is 28.2 Å². The molecular weight excluding hydrogens is 450 g/mol. The van der Waals surface area contributed by atoms with Crippen molar-refractivity contribution < 1.29 is 4.79 Å². The Morgan fingerprint density at radius 2 is 2.10 bits per heavy atom. The molecule has 2 heterocycles. The zero-order valence-electron chi connectivity index (χ0n) is 16.7. The molecule has 158 valence electrons. The topological polar surface area (TPSA) is 83.6 Å². The number of nitrogens with one attached hydrogen (secondary N) is 1. The van der Waals surface area contributed by atoms with Crippen LogP contribution in [-0.2, 0) is 24.2 Å². The largest absolute Gasteiger partial charge is 0.316 e. The smallest absolute Gasteiger partial charge is 0.235 e. The number of aryl methyl sites for hydroxylation is 1. The van der Waals surface area contributed by atoms with Crippen LogP contribution in [0.5, 0.6) is 0 Å². The second kappa shape index (κ2) is 9.69. The summed E-state index contributed by atoms with van der Waals surface area (Å²) in [4.78, 5) is 13.8. The maximum absolute atomic E-state index is 12.6. The van der Waals surface area contributed by atoms with E-state index < -0.39 is 0 Å². The van der Waals surface area contributed by atoms with Crippen LogP contribution in [0.3, 0.4) is 0 Å². The molecular formula is C22H20ClN5OS2. The van der Waals surface area contributed by atoms with Crippen LogP contribution < -0.4 is 5.32 Å². The monoisotopic (exact) mass is 469 g/mol. The molecule has 0 fully saturated rings. The summed E-state index contributed by atoms with van der Waals surface area (Å²) in [7, 11) is 0. The first-order valence-corrected chi connectivity index (χ1v) is 12.1. The van der Waals surface area contributed by atoms with Crippen LogP contribution in [0.4, 0.5) is 5.00 Å². The number of carbonyl (C=O) groups excluding carboxylic acids is 1. The number of allylic oxidation sites excluding steroid dienone is 1. The number of carbonyl (C=O) groups is 1. The number of thiophene rings is 1. The Morgan fingerprint density at radius 3 is 2.84 bits per heavy atom. The average Bonchev–Trinajstić information content (AvgIpc) is 3.33. The van der Waals surface area contributed by atoms with E-state index in [1.807, 2.05) is 16.7 Å². The molecule has 31 heavy (non-hydrogen) atoms. The van der Waals surface area contributed by atoms with E-state index in [9.17, 15) is 10.1 Å². The molecule has 0 aliphatic heterocycles. The summed E-state index contributed by atoms with van der Waals surface area (Å²) in [6.45, 7) is 4.33. The third-order valence-electron chi connectivity index (χ3n) is 5.00. The normalized spacial score (nSPS) is 12.8. The quantitative estimate of drug-likeness (QED) is 0.373. The maximum Gasteiger partial charge on any atom is 0.235 e. The predicted octanol–water partition coefficient (Wildman–Crippen LogP) is 5.33. The van der Waals surface area contributed by atoms with Gasteiger partial charge in [0.25, 0.3) is 0 Å². The number of benzene rings is 1. The molecule has 3 aromatic rings. The minimum absolute atomic E-state index is 0.165. The van der Waals surface area contributed by atoms with Crippen molar-refractivity contribution in [3.8, 4) is 17.5 Å². The van der Waals surface area contributed by atoms with E-state index in [1.165, 1.54) is 28.0 Å². The van der Waals surface area contributed by atoms with Gasteiger partial charge in [0.1, 0.15) is 11.1 Å². The fourth-order valence-corrected chi connectivity index (χ4v) is 5.70. The number of thioether (sulfide) groups is 1. The summed E-state index contributed by atoms with van der Waals surface area (Å²) in [5.74, 6) is 0.696. The first-order chi connectivity index (χ1) is 15.1. The van der Waals surface area contributed by atoms with Crippen molar-refractivity contribution >= 4 is 45.6 Å². The van der Waals surface area contributed by atoms with Crippen molar-refractivity contribution in [3.63, 3.8) is 0 Å². The van der Waals surface area contributed by atoms with Crippen molar-refractivity contribution in [2.45, 2.75) is 37.4 Å². The lowest BCUT2D eigenvalue weighted by Gasteiger charge is -2.09. The zero-order chi connectivity index (χ0) is 21.8. The summed E-state index contributed by atoms with van der Waals surface area (Å²) in [5, 5.41) is 23.0. The fraction of sp³-hybridized carbons (Fsp3) is 0.273. The summed E-state index contributed by atoms with van der Waals surface area (Å²) in [5.41, 5.74) is 2.62. The Kier molecular flexibility index (Phi) is 6.76. The SMILES string of the molecule is C=CCn1c(SCC(=O)Nc2sc3c(c2C#N)CCCC3)nnc1-c1ccc(Cl)cc1. The number of nitrogens with zero attached hydrogens (tertiary/aromatic N) is 4. The molecule has 0 atom stereocenters. The van der Waals surface area contributed by atoms with E-state index in [-0.39, 0.29) is 11.7 Å². The van der Waals surface area contributed by atoms with Gasteiger partial charge in [-0.3, -0.25) is 9.36 Å². The molecule has 6 nitrogen and oxygen atoms in total. The van der Waals surface area contributed by atoms with Crippen LogP contribution in [-0.4, -0.2) is 26.4 Å². The lowest BCUT2D eigenvalue weighted by atomic mass is 9.96.